The van der Waals surface area contributed by atoms with Gasteiger partial charge in [-0.2, -0.15) is 0 Å². The van der Waals surface area contributed by atoms with Gasteiger partial charge in [0.25, 0.3) is 0 Å². The van der Waals surface area contributed by atoms with Crippen molar-refractivity contribution in [3.05, 3.63) is 28.2 Å². The third-order valence-electron chi connectivity index (χ3n) is 2.29. The maximum Gasteiger partial charge on any atom is 0.338 e. The number of hydrogen-bond acceptors (Lipinski definition) is 4. The second kappa shape index (κ2) is 7.00. The van der Waals surface area contributed by atoms with E-state index in [1.807, 2.05) is 0 Å². The molecule has 0 bridgehead atoms. The van der Waals surface area contributed by atoms with Gasteiger partial charge in [-0.05, 0) is 40.5 Å². The van der Waals surface area contributed by atoms with Gasteiger partial charge in [0.15, 0.2) is 0 Å². The van der Waals surface area contributed by atoms with E-state index in [0.717, 1.165) is 4.47 Å². The van der Waals surface area contributed by atoms with Crippen LogP contribution in [0.1, 0.15) is 23.2 Å². The van der Waals surface area contributed by atoms with Crippen LogP contribution < -0.4 is 11.1 Å². The molecule has 0 spiro atoms. The summed E-state index contributed by atoms with van der Waals surface area (Å²) in [6.07, 6.45) is 0.837. The lowest BCUT2D eigenvalue weighted by Gasteiger charge is -2.06. The van der Waals surface area contributed by atoms with E-state index in [2.05, 4.69) is 21.2 Å². The van der Waals surface area contributed by atoms with Crippen molar-refractivity contribution >= 4 is 33.5 Å². The Morgan fingerprint density at radius 2 is 2.17 bits per heavy atom. The minimum absolute atomic E-state index is 0.0704. The van der Waals surface area contributed by atoms with Gasteiger partial charge in [-0.1, -0.05) is 0 Å². The SMILES string of the molecule is CNC(=O)CCCOC(=O)c1ccc(Br)c(N)c1. The predicted octanol–water partition coefficient (Wildman–Crippen LogP) is 1.71. The number of nitrogen functional groups attached to an aromatic ring is 1. The zero-order valence-electron chi connectivity index (χ0n) is 10.0. The number of carbonyl (C=O) groups is 2. The van der Waals surface area contributed by atoms with Gasteiger partial charge < -0.3 is 15.8 Å². The van der Waals surface area contributed by atoms with Crippen LogP contribution in [0.4, 0.5) is 5.69 Å². The van der Waals surface area contributed by atoms with Crippen LogP contribution in [-0.4, -0.2) is 25.5 Å². The molecule has 0 aliphatic heterocycles. The lowest BCUT2D eigenvalue weighted by Crippen LogP contribution is -2.18. The molecule has 6 heteroatoms. The van der Waals surface area contributed by atoms with E-state index >= 15 is 0 Å². The summed E-state index contributed by atoms with van der Waals surface area (Å²) in [4.78, 5) is 22.6. The van der Waals surface area contributed by atoms with Gasteiger partial charge in [-0.25, -0.2) is 4.79 Å². The molecule has 1 aromatic rings. The van der Waals surface area contributed by atoms with E-state index < -0.39 is 5.97 Å². The van der Waals surface area contributed by atoms with Crippen LogP contribution in [0.25, 0.3) is 0 Å². The van der Waals surface area contributed by atoms with Crippen LogP contribution in [0.5, 0.6) is 0 Å². The lowest BCUT2D eigenvalue weighted by atomic mass is 10.2. The molecule has 98 valence electrons. The first-order chi connectivity index (χ1) is 8.54. The van der Waals surface area contributed by atoms with E-state index in [1.165, 1.54) is 0 Å². The molecule has 0 aromatic heterocycles. The van der Waals surface area contributed by atoms with E-state index in [0.29, 0.717) is 24.1 Å². The summed E-state index contributed by atoms with van der Waals surface area (Å²) in [5.74, 6) is -0.509. The van der Waals surface area contributed by atoms with Crippen LogP contribution in [0.3, 0.4) is 0 Å². The highest BCUT2D eigenvalue weighted by Gasteiger charge is 2.09. The summed E-state index contributed by atoms with van der Waals surface area (Å²) < 4.78 is 5.76. The fourth-order valence-corrected chi connectivity index (χ4v) is 1.52. The molecule has 0 radical (unpaired) electrons. The summed E-state index contributed by atoms with van der Waals surface area (Å²) in [6, 6.07) is 4.86. The maximum atomic E-state index is 11.6. The van der Waals surface area contributed by atoms with Gasteiger partial charge in [-0.3, -0.25) is 4.79 Å². The summed E-state index contributed by atoms with van der Waals surface area (Å²) >= 11 is 3.24. The minimum Gasteiger partial charge on any atom is -0.462 e. The van der Waals surface area contributed by atoms with Crippen LogP contribution in [-0.2, 0) is 9.53 Å². The van der Waals surface area contributed by atoms with E-state index in [-0.39, 0.29) is 12.5 Å². The van der Waals surface area contributed by atoms with E-state index in [9.17, 15) is 9.59 Å². The molecule has 18 heavy (non-hydrogen) atoms. The average Bonchev–Trinajstić information content (AvgIpc) is 2.37. The van der Waals surface area contributed by atoms with E-state index in [1.54, 1.807) is 25.2 Å². The van der Waals surface area contributed by atoms with Crippen molar-refractivity contribution in [3.8, 4) is 0 Å². The summed E-state index contributed by atoms with van der Waals surface area (Å²) in [5.41, 5.74) is 6.54. The average molecular weight is 315 g/mol. The standard InChI is InChI=1S/C12H15BrN2O3/c1-15-11(16)3-2-6-18-12(17)8-4-5-9(13)10(14)7-8/h4-5,7H,2-3,6,14H2,1H3,(H,15,16). The molecule has 1 amide bonds. The smallest absolute Gasteiger partial charge is 0.338 e. The second-order valence-electron chi connectivity index (χ2n) is 3.65. The van der Waals surface area contributed by atoms with Crippen LogP contribution >= 0.6 is 15.9 Å². The zero-order chi connectivity index (χ0) is 13.5. The Balaban J connectivity index is 2.41. The first kappa shape index (κ1) is 14.5. The molecule has 1 rings (SSSR count). The number of ether oxygens (including phenoxy) is 1. The highest BCUT2D eigenvalue weighted by atomic mass is 79.9. The van der Waals surface area contributed by atoms with Gasteiger partial charge >= 0.3 is 5.97 Å². The molecule has 0 saturated carbocycles. The van der Waals surface area contributed by atoms with Crippen molar-refractivity contribution in [2.24, 2.45) is 0 Å². The number of nitrogens with two attached hydrogens (primary N) is 1. The molecule has 1 aromatic carbocycles. The van der Waals surface area contributed by atoms with Gasteiger partial charge in [-0.15, -0.1) is 0 Å². The number of rotatable bonds is 5. The van der Waals surface area contributed by atoms with Crippen LogP contribution in [0.2, 0.25) is 0 Å². The Hall–Kier alpha value is -1.56. The van der Waals surface area contributed by atoms with Gasteiger partial charge in [0.2, 0.25) is 5.91 Å². The minimum atomic E-state index is -0.439. The maximum absolute atomic E-state index is 11.6. The molecule has 0 aliphatic carbocycles. The molecule has 3 N–H and O–H groups in total. The number of carbonyl (C=O) groups excluding carboxylic acids is 2. The monoisotopic (exact) mass is 314 g/mol. The molecule has 0 atom stereocenters. The third-order valence-corrected chi connectivity index (χ3v) is 3.01. The summed E-state index contributed by atoms with van der Waals surface area (Å²) in [5, 5.41) is 2.50. The van der Waals surface area contributed by atoms with Gasteiger partial charge in [0, 0.05) is 23.6 Å². The highest BCUT2D eigenvalue weighted by molar-refractivity contribution is 9.10. The van der Waals surface area contributed by atoms with Crippen LogP contribution in [0.15, 0.2) is 22.7 Å². The van der Waals surface area contributed by atoms with Crippen LogP contribution in [0, 0.1) is 0 Å². The molecule has 0 unspecified atom stereocenters. The van der Waals surface area contributed by atoms with Crippen molar-refractivity contribution in [2.45, 2.75) is 12.8 Å². The Morgan fingerprint density at radius 1 is 1.44 bits per heavy atom. The normalized spacial score (nSPS) is 9.89. The summed E-state index contributed by atoms with van der Waals surface area (Å²) in [6.45, 7) is 0.211. The number of anilines is 1. The molecule has 0 aliphatic rings. The van der Waals surface area contributed by atoms with Crippen molar-refractivity contribution in [3.63, 3.8) is 0 Å². The Morgan fingerprint density at radius 3 is 2.78 bits per heavy atom. The third kappa shape index (κ3) is 4.37. The largest absolute Gasteiger partial charge is 0.462 e. The predicted molar refractivity (Wildman–Crippen MR) is 72.1 cm³/mol. The Bertz CT molecular complexity index is 449. The Labute approximate surface area is 114 Å². The molecule has 0 saturated heterocycles. The Kier molecular flexibility index (Phi) is 5.64. The topological polar surface area (TPSA) is 81.4 Å². The zero-order valence-corrected chi connectivity index (χ0v) is 11.6. The molecule has 5 nitrogen and oxygen atoms in total. The van der Waals surface area contributed by atoms with Crippen molar-refractivity contribution in [1.29, 1.82) is 0 Å². The van der Waals surface area contributed by atoms with Crippen molar-refractivity contribution in [1.82, 2.24) is 5.32 Å². The number of hydrogen-bond donors (Lipinski definition) is 2. The quantitative estimate of drug-likeness (QED) is 0.492. The number of amides is 1. The van der Waals surface area contributed by atoms with Gasteiger partial charge in [0.1, 0.15) is 0 Å². The molecular weight excluding hydrogens is 300 g/mol. The number of halogens is 1. The lowest BCUT2D eigenvalue weighted by molar-refractivity contribution is -0.120. The van der Waals surface area contributed by atoms with Crippen molar-refractivity contribution < 1.29 is 14.3 Å². The molecule has 0 heterocycles. The number of esters is 1. The number of benzene rings is 1. The van der Waals surface area contributed by atoms with Crippen molar-refractivity contribution in [2.75, 3.05) is 19.4 Å². The van der Waals surface area contributed by atoms with E-state index in [4.69, 9.17) is 10.5 Å². The second-order valence-corrected chi connectivity index (χ2v) is 4.50. The molecular formula is C12H15BrN2O3. The highest BCUT2D eigenvalue weighted by Crippen LogP contribution is 2.20. The summed E-state index contributed by atoms with van der Waals surface area (Å²) in [7, 11) is 1.57. The first-order valence-electron chi connectivity index (χ1n) is 5.47. The molecule has 0 fully saturated rings. The number of nitrogens with one attached hydrogen (secondary N) is 1. The fraction of sp³-hybridized carbons (Fsp3) is 0.333. The first-order valence-corrected chi connectivity index (χ1v) is 6.26. The fourth-order valence-electron chi connectivity index (χ4n) is 1.28. The van der Waals surface area contributed by atoms with Gasteiger partial charge in [0.05, 0.1) is 12.2 Å².